The Balaban J connectivity index is 1.78. The monoisotopic (exact) mass is 507 g/mol. The Hall–Kier alpha value is -5.00. The van der Waals surface area contributed by atoms with Gasteiger partial charge in [-0.05, 0) is 11.1 Å². The molecule has 1 unspecified atom stereocenters. The van der Waals surface area contributed by atoms with Gasteiger partial charge in [0.1, 0.15) is 18.2 Å². The number of anilines is 1. The molecule has 3 aromatic rings. The van der Waals surface area contributed by atoms with E-state index in [-0.39, 0.29) is 41.5 Å². The molecule has 37 heavy (non-hydrogen) atoms. The minimum Gasteiger partial charge on any atom is -0.493 e. The number of nitro groups is 2. The van der Waals surface area contributed by atoms with E-state index < -0.39 is 33.5 Å². The van der Waals surface area contributed by atoms with Gasteiger partial charge in [-0.15, -0.1) is 0 Å². The predicted molar refractivity (Wildman–Crippen MR) is 130 cm³/mol. The van der Waals surface area contributed by atoms with Crippen molar-refractivity contribution in [2.75, 3.05) is 19.1 Å². The second-order valence-corrected chi connectivity index (χ2v) is 8.04. The molecule has 1 amide bonds. The van der Waals surface area contributed by atoms with Crippen molar-refractivity contribution in [2.24, 2.45) is 0 Å². The number of fused-ring (bicyclic) bond motifs is 1. The lowest BCUT2D eigenvalue weighted by Gasteiger charge is -2.24. The van der Waals surface area contributed by atoms with Crippen molar-refractivity contribution in [3.63, 3.8) is 0 Å². The second kappa shape index (κ2) is 10.3. The molecule has 1 aliphatic heterocycles. The van der Waals surface area contributed by atoms with E-state index in [0.717, 1.165) is 35.8 Å². The largest absolute Gasteiger partial charge is 0.493 e. The van der Waals surface area contributed by atoms with Gasteiger partial charge in [0.2, 0.25) is 0 Å². The number of rotatable bonds is 8. The van der Waals surface area contributed by atoms with Gasteiger partial charge in [-0.2, -0.15) is 0 Å². The molecular weight excluding hydrogens is 486 g/mol. The molecule has 0 fully saturated rings. The van der Waals surface area contributed by atoms with Crippen molar-refractivity contribution < 1.29 is 33.6 Å². The first kappa shape index (κ1) is 25.1. The van der Waals surface area contributed by atoms with Gasteiger partial charge in [-0.25, -0.2) is 4.79 Å². The molecule has 1 atom stereocenters. The number of ether oxygens (including phenoxy) is 3. The highest BCUT2D eigenvalue weighted by Crippen LogP contribution is 2.40. The number of nitrogens with zero attached hydrogens (tertiary/aromatic N) is 3. The molecule has 0 saturated carbocycles. The lowest BCUT2D eigenvalue weighted by Crippen LogP contribution is -2.43. The highest BCUT2D eigenvalue weighted by Gasteiger charge is 2.42. The third kappa shape index (κ3) is 4.89. The lowest BCUT2D eigenvalue weighted by molar-refractivity contribution is -0.385. The Kier molecular flexibility index (Phi) is 7.00. The summed E-state index contributed by atoms with van der Waals surface area (Å²) in [5.74, 6) is -1.60. The van der Waals surface area contributed by atoms with Crippen LogP contribution in [0.5, 0.6) is 11.5 Å². The molecule has 0 aliphatic carbocycles. The highest BCUT2D eigenvalue weighted by atomic mass is 16.6. The first-order valence-electron chi connectivity index (χ1n) is 11.0. The zero-order valence-corrected chi connectivity index (χ0v) is 19.8. The summed E-state index contributed by atoms with van der Waals surface area (Å²) in [5.41, 5.74) is 0.0972. The molecule has 0 saturated heterocycles. The maximum atomic E-state index is 13.8. The van der Waals surface area contributed by atoms with E-state index in [9.17, 15) is 29.8 Å². The number of nitro benzene ring substituents is 2. The minimum atomic E-state index is -1.17. The summed E-state index contributed by atoms with van der Waals surface area (Å²) in [6.07, 6.45) is 0.0228. The number of carbonyl (C=O) groups is 2. The van der Waals surface area contributed by atoms with Crippen LogP contribution in [0.4, 0.5) is 17.1 Å². The lowest BCUT2D eigenvalue weighted by atomic mass is 10.1. The average Bonchev–Trinajstić information content (AvgIpc) is 3.29. The van der Waals surface area contributed by atoms with E-state index in [2.05, 4.69) is 0 Å². The molecule has 12 nitrogen and oxygen atoms in total. The molecule has 4 rings (SSSR count). The van der Waals surface area contributed by atoms with Crippen LogP contribution in [-0.2, 0) is 22.6 Å². The fourth-order valence-electron chi connectivity index (χ4n) is 4.11. The molecule has 190 valence electrons. The van der Waals surface area contributed by atoms with Crippen LogP contribution in [0.25, 0.3) is 0 Å². The third-order valence-electron chi connectivity index (χ3n) is 5.90. The van der Waals surface area contributed by atoms with Crippen LogP contribution in [0, 0.1) is 20.2 Å². The van der Waals surface area contributed by atoms with Crippen molar-refractivity contribution in [1.29, 1.82) is 0 Å². The van der Waals surface area contributed by atoms with E-state index in [1.165, 1.54) is 19.2 Å². The number of hydrogen-bond acceptors (Lipinski definition) is 9. The summed E-state index contributed by atoms with van der Waals surface area (Å²) in [4.78, 5) is 49.2. The molecule has 0 spiro atoms. The van der Waals surface area contributed by atoms with Gasteiger partial charge >= 0.3 is 5.97 Å². The Bertz CT molecular complexity index is 1390. The summed E-state index contributed by atoms with van der Waals surface area (Å²) >= 11 is 0. The van der Waals surface area contributed by atoms with Crippen LogP contribution < -0.4 is 14.4 Å². The quantitative estimate of drug-likeness (QED) is 0.251. The normalized spacial score (nSPS) is 14.0. The van der Waals surface area contributed by atoms with Crippen LogP contribution in [0.1, 0.15) is 21.5 Å². The van der Waals surface area contributed by atoms with Crippen LogP contribution in [0.15, 0.2) is 60.7 Å². The van der Waals surface area contributed by atoms with Gasteiger partial charge < -0.3 is 14.2 Å². The molecule has 0 aromatic heterocycles. The zero-order chi connectivity index (χ0) is 26.7. The van der Waals surface area contributed by atoms with Crippen molar-refractivity contribution in [1.82, 2.24) is 0 Å². The molecule has 0 bridgehead atoms. The minimum absolute atomic E-state index is 0.0228. The van der Waals surface area contributed by atoms with Gasteiger partial charge in [0.05, 0.1) is 35.8 Å². The Morgan fingerprint density at radius 2 is 1.70 bits per heavy atom. The van der Waals surface area contributed by atoms with E-state index in [1.807, 2.05) is 30.3 Å². The SMILES string of the molecule is COC(=O)C1Cc2ccc([N+](=O)[O-])cc2N1C(=O)c1cc(OC)c(OCc2ccccc2)cc1[N+](=O)[O-]. The molecule has 0 radical (unpaired) electrons. The number of non-ortho nitro benzene ring substituents is 1. The van der Waals surface area contributed by atoms with E-state index in [0.29, 0.717) is 5.56 Å². The maximum Gasteiger partial charge on any atom is 0.329 e. The van der Waals surface area contributed by atoms with E-state index in [4.69, 9.17) is 14.2 Å². The topological polar surface area (TPSA) is 151 Å². The van der Waals surface area contributed by atoms with E-state index >= 15 is 0 Å². The third-order valence-corrected chi connectivity index (χ3v) is 5.90. The van der Waals surface area contributed by atoms with E-state index in [1.54, 1.807) is 0 Å². The van der Waals surface area contributed by atoms with Crippen molar-refractivity contribution in [3.8, 4) is 11.5 Å². The van der Waals surface area contributed by atoms with Crippen LogP contribution >= 0.6 is 0 Å². The smallest absolute Gasteiger partial charge is 0.329 e. The molecule has 12 heteroatoms. The standard InChI is InChI=1S/C25H21N3O9/c1-35-22-12-18(20(28(33)34)13-23(22)37-14-15-6-4-3-5-7-15)24(29)26-19-11-17(27(31)32)9-8-16(19)10-21(26)25(30)36-2/h3-9,11-13,21H,10,14H2,1-2H3. The predicted octanol–water partition coefficient (Wildman–Crippen LogP) is 3.84. The van der Waals surface area contributed by atoms with Gasteiger partial charge in [-0.3, -0.25) is 29.9 Å². The molecule has 1 aliphatic rings. The Morgan fingerprint density at radius 1 is 0.973 bits per heavy atom. The maximum absolute atomic E-state index is 13.8. The van der Waals surface area contributed by atoms with Gasteiger partial charge in [0.15, 0.2) is 11.5 Å². The van der Waals surface area contributed by atoms with Crippen molar-refractivity contribution in [3.05, 3.63) is 97.6 Å². The van der Waals surface area contributed by atoms with Crippen molar-refractivity contribution >= 4 is 28.9 Å². The van der Waals surface area contributed by atoms with Crippen LogP contribution in [0.2, 0.25) is 0 Å². The Morgan fingerprint density at radius 3 is 2.32 bits per heavy atom. The zero-order valence-electron chi connectivity index (χ0n) is 19.8. The average molecular weight is 507 g/mol. The number of benzene rings is 3. The first-order chi connectivity index (χ1) is 17.7. The van der Waals surface area contributed by atoms with Crippen LogP contribution in [0.3, 0.4) is 0 Å². The highest BCUT2D eigenvalue weighted by molar-refractivity contribution is 6.13. The summed E-state index contributed by atoms with van der Waals surface area (Å²) in [7, 11) is 2.46. The van der Waals surface area contributed by atoms with Gasteiger partial charge in [0.25, 0.3) is 17.3 Å². The van der Waals surface area contributed by atoms with Crippen LogP contribution in [-0.4, -0.2) is 42.0 Å². The van der Waals surface area contributed by atoms with Gasteiger partial charge in [0, 0.05) is 24.6 Å². The molecule has 0 N–H and O–H groups in total. The number of carbonyl (C=O) groups excluding carboxylic acids is 2. The second-order valence-electron chi connectivity index (χ2n) is 8.04. The molecule has 1 heterocycles. The van der Waals surface area contributed by atoms with Gasteiger partial charge in [-0.1, -0.05) is 36.4 Å². The number of hydrogen-bond donors (Lipinski definition) is 0. The first-order valence-corrected chi connectivity index (χ1v) is 11.0. The number of esters is 1. The molecule has 3 aromatic carbocycles. The summed E-state index contributed by atoms with van der Waals surface area (Å²) in [6.45, 7) is 0.0925. The fraction of sp³-hybridized carbons (Fsp3) is 0.200. The Labute approximate surface area is 210 Å². The fourth-order valence-corrected chi connectivity index (χ4v) is 4.11. The molecular formula is C25H21N3O9. The summed E-state index contributed by atoms with van der Waals surface area (Å²) in [6, 6.07) is 14.0. The number of methoxy groups -OCH3 is 2. The summed E-state index contributed by atoms with van der Waals surface area (Å²) < 4.78 is 15.9. The number of amides is 1. The van der Waals surface area contributed by atoms with Crippen molar-refractivity contribution in [2.45, 2.75) is 19.1 Å². The summed E-state index contributed by atoms with van der Waals surface area (Å²) in [5, 5.41) is 23.3.